The zero-order chi connectivity index (χ0) is 16.1. The maximum Gasteiger partial charge on any atom is 0.0602 e. The zero-order valence-electron chi connectivity index (χ0n) is 14.4. The molecule has 23 heavy (non-hydrogen) atoms. The highest BCUT2D eigenvalue weighted by molar-refractivity contribution is 5.31. The first-order valence-corrected chi connectivity index (χ1v) is 8.87. The normalized spacial score (nSPS) is 18.2. The molecule has 0 N–H and O–H groups in total. The van der Waals surface area contributed by atoms with E-state index in [1.165, 1.54) is 30.6 Å². The highest BCUT2D eigenvalue weighted by Gasteiger charge is 2.27. The number of nitrogens with zero attached hydrogens (tertiary/aromatic N) is 2. The lowest BCUT2D eigenvalue weighted by atomic mass is 9.96. The lowest BCUT2D eigenvalue weighted by molar-refractivity contribution is 0.0828. The molecule has 0 saturated carbocycles. The van der Waals surface area contributed by atoms with Crippen LogP contribution in [0.15, 0.2) is 60.7 Å². The Labute approximate surface area is 140 Å². The van der Waals surface area contributed by atoms with Crippen LogP contribution >= 0.6 is 0 Å². The van der Waals surface area contributed by atoms with Crippen molar-refractivity contribution in [3.8, 4) is 0 Å². The molecule has 1 aliphatic rings. The fourth-order valence-electron chi connectivity index (χ4n) is 3.58. The molecule has 0 amide bonds. The molecule has 2 nitrogen and oxygen atoms in total. The molecular weight excluding hydrogens is 280 g/mol. The predicted octanol–water partition coefficient (Wildman–Crippen LogP) is 4.19. The Morgan fingerprint density at radius 3 is 1.61 bits per heavy atom. The van der Waals surface area contributed by atoms with Gasteiger partial charge in [0.1, 0.15) is 0 Å². The third-order valence-electron chi connectivity index (χ3n) is 5.16. The molecule has 1 unspecified atom stereocenters. The van der Waals surface area contributed by atoms with Gasteiger partial charge in [0.05, 0.1) is 6.04 Å². The van der Waals surface area contributed by atoms with Crippen LogP contribution in [-0.2, 0) is 0 Å². The van der Waals surface area contributed by atoms with Crippen molar-refractivity contribution in [2.24, 2.45) is 0 Å². The summed E-state index contributed by atoms with van der Waals surface area (Å²) in [7, 11) is 0. The van der Waals surface area contributed by atoms with Gasteiger partial charge in [-0.05, 0) is 24.5 Å². The predicted molar refractivity (Wildman–Crippen MR) is 97.6 cm³/mol. The molecule has 3 rings (SSSR count). The minimum Gasteiger partial charge on any atom is -0.298 e. The summed E-state index contributed by atoms with van der Waals surface area (Å²) in [5, 5.41) is 0. The van der Waals surface area contributed by atoms with Crippen molar-refractivity contribution in [3.05, 3.63) is 71.8 Å². The van der Waals surface area contributed by atoms with Gasteiger partial charge in [0.2, 0.25) is 0 Å². The van der Waals surface area contributed by atoms with Crippen molar-refractivity contribution in [2.45, 2.75) is 32.4 Å². The topological polar surface area (TPSA) is 6.48 Å². The van der Waals surface area contributed by atoms with Crippen LogP contribution in [-0.4, -0.2) is 42.0 Å². The minimum absolute atomic E-state index is 0.372. The number of benzene rings is 2. The standard InChI is InChI=1S/C21H28N2/c1-3-18(2)22-14-16-23(17-15-22)21(19-10-6-4-7-11-19)20-12-8-5-9-13-20/h4-13,18,21H,3,14-17H2,1-2H3. The Balaban J connectivity index is 1.81. The Bertz CT molecular complexity index is 534. The molecule has 0 bridgehead atoms. The van der Waals surface area contributed by atoms with Gasteiger partial charge in [0.15, 0.2) is 0 Å². The Hall–Kier alpha value is -1.64. The smallest absolute Gasteiger partial charge is 0.0602 e. The molecule has 1 heterocycles. The summed E-state index contributed by atoms with van der Waals surface area (Å²) >= 11 is 0. The molecule has 2 heteroatoms. The van der Waals surface area contributed by atoms with Crippen LogP contribution in [0.2, 0.25) is 0 Å². The van der Waals surface area contributed by atoms with Crippen molar-refractivity contribution in [1.29, 1.82) is 0 Å². The molecule has 0 radical (unpaired) electrons. The van der Waals surface area contributed by atoms with Crippen molar-refractivity contribution >= 4 is 0 Å². The quantitative estimate of drug-likeness (QED) is 0.817. The minimum atomic E-state index is 0.372. The van der Waals surface area contributed by atoms with Gasteiger partial charge in [-0.3, -0.25) is 9.80 Å². The Kier molecular flexibility index (Phi) is 5.47. The molecule has 0 aliphatic carbocycles. The van der Waals surface area contributed by atoms with E-state index in [1.807, 2.05) is 0 Å². The largest absolute Gasteiger partial charge is 0.298 e. The van der Waals surface area contributed by atoms with Gasteiger partial charge in [-0.15, -0.1) is 0 Å². The maximum atomic E-state index is 2.64. The van der Waals surface area contributed by atoms with Gasteiger partial charge in [-0.25, -0.2) is 0 Å². The summed E-state index contributed by atoms with van der Waals surface area (Å²) in [4.78, 5) is 5.27. The van der Waals surface area contributed by atoms with E-state index in [1.54, 1.807) is 0 Å². The third-order valence-corrected chi connectivity index (χ3v) is 5.16. The second-order valence-electron chi connectivity index (χ2n) is 6.55. The van der Waals surface area contributed by atoms with Crippen LogP contribution in [0.25, 0.3) is 0 Å². The van der Waals surface area contributed by atoms with E-state index in [-0.39, 0.29) is 0 Å². The second kappa shape index (κ2) is 7.76. The van der Waals surface area contributed by atoms with E-state index in [4.69, 9.17) is 0 Å². The number of piperazine rings is 1. The van der Waals surface area contributed by atoms with E-state index < -0.39 is 0 Å². The van der Waals surface area contributed by atoms with E-state index in [0.717, 1.165) is 13.1 Å². The van der Waals surface area contributed by atoms with Gasteiger partial charge in [-0.1, -0.05) is 67.6 Å². The van der Waals surface area contributed by atoms with Gasteiger partial charge in [0.25, 0.3) is 0 Å². The fourth-order valence-corrected chi connectivity index (χ4v) is 3.58. The summed E-state index contributed by atoms with van der Waals surface area (Å²) in [6.07, 6.45) is 1.24. The first-order chi connectivity index (χ1) is 11.3. The van der Waals surface area contributed by atoms with Gasteiger partial charge in [-0.2, -0.15) is 0 Å². The number of rotatable bonds is 5. The average molecular weight is 308 g/mol. The highest BCUT2D eigenvalue weighted by atomic mass is 15.3. The van der Waals surface area contributed by atoms with Crippen LogP contribution in [0.4, 0.5) is 0 Å². The summed E-state index contributed by atoms with van der Waals surface area (Å²) in [5.74, 6) is 0. The second-order valence-corrected chi connectivity index (χ2v) is 6.55. The molecule has 2 aromatic carbocycles. The van der Waals surface area contributed by atoms with Crippen molar-refractivity contribution in [1.82, 2.24) is 9.80 Å². The Morgan fingerprint density at radius 2 is 1.17 bits per heavy atom. The molecule has 1 fully saturated rings. The van der Waals surface area contributed by atoms with Gasteiger partial charge in [0, 0.05) is 32.2 Å². The summed E-state index contributed by atoms with van der Waals surface area (Å²) < 4.78 is 0. The van der Waals surface area contributed by atoms with Crippen molar-refractivity contribution < 1.29 is 0 Å². The maximum absolute atomic E-state index is 2.64. The summed E-state index contributed by atoms with van der Waals surface area (Å²) in [6, 6.07) is 22.9. The lowest BCUT2D eigenvalue weighted by Crippen LogP contribution is -2.50. The molecule has 122 valence electrons. The average Bonchev–Trinajstić information content (AvgIpc) is 2.64. The highest BCUT2D eigenvalue weighted by Crippen LogP contribution is 2.29. The number of hydrogen-bond acceptors (Lipinski definition) is 2. The zero-order valence-corrected chi connectivity index (χ0v) is 14.4. The van der Waals surface area contributed by atoms with E-state index in [2.05, 4.69) is 84.3 Å². The third kappa shape index (κ3) is 3.82. The SMILES string of the molecule is CCC(C)N1CCN(C(c2ccccc2)c2ccccc2)CC1. The molecule has 1 saturated heterocycles. The first kappa shape index (κ1) is 16.2. The van der Waals surface area contributed by atoms with Crippen molar-refractivity contribution in [2.75, 3.05) is 26.2 Å². The summed E-state index contributed by atoms with van der Waals surface area (Å²) in [5.41, 5.74) is 2.80. The first-order valence-electron chi connectivity index (χ1n) is 8.87. The van der Waals surface area contributed by atoms with Gasteiger partial charge >= 0.3 is 0 Å². The molecule has 1 atom stereocenters. The number of hydrogen-bond donors (Lipinski definition) is 0. The van der Waals surface area contributed by atoms with E-state index in [9.17, 15) is 0 Å². The van der Waals surface area contributed by atoms with E-state index >= 15 is 0 Å². The van der Waals surface area contributed by atoms with Gasteiger partial charge < -0.3 is 0 Å². The summed E-state index contributed by atoms with van der Waals surface area (Å²) in [6.45, 7) is 9.25. The van der Waals surface area contributed by atoms with Crippen molar-refractivity contribution in [3.63, 3.8) is 0 Å². The van der Waals surface area contributed by atoms with E-state index in [0.29, 0.717) is 12.1 Å². The molecule has 0 aromatic heterocycles. The molecule has 1 aliphatic heterocycles. The monoisotopic (exact) mass is 308 g/mol. The molecule has 0 spiro atoms. The van der Waals surface area contributed by atoms with Crippen LogP contribution < -0.4 is 0 Å². The molecule has 2 aromatic rings. The van der Waals surface area contributed by atoms with Crippen LogP contribution in [0.1, 0.15) is 37.4 Å². The van der Waals surface area contributed by atoms with Crippen LogP contribution in [0.5, 0.6) is 0 Å². The fraction of sp³-hybridized carbons (Fsp3) is 0.429. The molecular formula is C21H28N2. The van der Waals surface area contributed by atoms with Crippen LogP contribution in [0, 0.1) is 0 Å². The Morgan fingerprint density at radius 1 is 0.739 bits per heavy atom. The lowest BCUT2D eigenvalue weighted by Gasteiger charge is -2.41. The van der Waals surface area contributed by atoms with Crippen LogP contribution in [0.3, 0.4) is 0 Å².